The van der Waals surface area contributed by atoms with E-state index >= 15 is 0 Å². The van der Waals surface area contributed by atoms with Gasteiger partial charge in [-0.05, 0) is 30.7 Å². The molecule has 0 heterocycles. The Labute approximate surface area is 128 Å². The van der Waals surface area contributed by atoms with E-state index in [-0.39, 0.29) is 11.9 Å². The first kappa shape index (κ1) is 17.7. The summed E-state index contributed by atoms with van der Waals surface area (Å²) < 4.78 is 5.59. The van der Waals surface area contributed by atoms with Gasteiger partial charge in [0.2, 0.25) is 5.91 Å². The lowest BCUT2D eigenvalue weighted by Crippen LogP contribution is -2.41. The molecule has 1 aromatic rings. The maximum atomic E-state index is 11.7. The molecule has 1 aromatic carbocycles. The van der Waals surface area contributed by atoms with Crippen LogP contribution in [0.4, 0.5) is 0 Å². The van der Waals surface area contributed by atoms with Crippen LogP contribution in [0.1, 0.15) is 38.7 Å². The van der Waals surface area contributed by atoms with Crippen LogP contribution in [0.25, 0.3) is 0 Å². The molecule has 1 rings (SSSR count). The number of hydrogen-bond donors (Lipinski definition) is 2. The highest BCUT2D eigenvalue weighted by molar-refractivity contribution is 5.81. The highest BCUT2D eigenvalue weighted by atomic mass is 16.5. The smallest absolute Gasteiger partial charge is 0.236 e. The van der Waals surface area contributed by atoms with Gasteiger partial charge in [0.1, 0.15) is 0 Å². The fourth-order valence-corrected chi connectivity index (χ4v) is 2.05. The maximum absolute atomic E-state index is 11.7. The van der Waals surface area contributed by atoms with Crippen molar-refractivity contribution in [2.24, 2.45) is 11.7 Å². The summed E-state index contributed by atoms with van der Waals surface area (Å²) >= 11 is 0. The Morgan fingerprint density at radius 2 is 1.95 bits per heavy atom. The van der Waals surface area contributed by atoms with Gasteiger partial charge in [0.05, 0.1) is 12.6 Å². The van der Waals surface area contributed by atoms with E-state index in [2.05, 4.69) is 31.3 Å². The lowest BCUT2D eigenvalue weighted by molar-refractivity contribution is -0.122. The molecular formula is C17H28N2O2. The lowest BCUT2D eigenvalue weighted by Gasteiger charge is -2.14. The molecule has 0 aromatic heterocycles. The van der Waals surface area contributed by atoms with Crippen LogP contribution in [0.15, 0.2) is 30.3 Å². The molecule has 118 valence electrons. The van der Waals surface area contributed by atoms with E-state index in [1.165, 1.54) is 5.56 Å². The van der Waals surface area contributed by atoms with E-state index in [0.29, 0.717) is 25.7 Å². The molecule has 0 aliphatic rings. The third kappa shape index (κ3) is 8.48. The number of unbranched alkanes of at least 4 members (excludes halogenated alkanes) is 1. The first-order valence-corrected chi connectivity index (χ1v) is 7.74. The van der Waals surface area contributed by atoms with Crippen LogP contribution in [0, 0.1) is 5.92 Å². The fourth-order valence-electron chi connectivity index (χ4n) is 2.05. The first-order chi connectivity index (χ1) is 10.1. The molecule has 0 unspecified atom stereocenters. The molecule has 0 fully saturated rings. The van der Waals surface area contributed by atoms with Crippen molar-refractivity contribution in [3.63, 3.8) is 0 Å². The molecular weight excluding hydrogens is 264 g/mol. The van der Waals surface area contributed by atoms with E-state index in [0.717, 1.165) is 19.3 Å². The van der Waals surface area contributed by atoms with Crippen LogP contribution in [0.5, 0.6) is 0 Å². The van der Waals surface area contributed by atoms with Gasteiger partial charge in [-0.1, -0.05) is 44.2 Å². The van der Waals surface area contributed by atoms with Crippen molar-refractivity contribution in [2.45, 2.75) is 45.8 Å². The summed E-state index contributed by atoms with van der Waals surface area (Å²) in [6.45, 7) is 6.16. The molecule has 3 N–H and O–H groups in total. The topological polar surface area (TPSA) is 64.4 Å². The number of nitrogens with one attached hydrogen (secondary N) is 1. The molecule has 0 spiro atoms. The Balaban J connectivity index is 1.98. The van der Waals surface area contributed by atoms with Crippen molar-refractivity contribution in [3.05, 3.63) is 35.9 Å². The van der Waals surface area contributed by atoms with Gasteiger partial charge in [-0.3, -0.25) is 4.79 Å². The minimum absolute atomic E-state index is 0.0473. The highest BCUT2D eigenvalue weighted by Crippen LogP contribution is 2.03. The average molecular weight is 292 g/mol. The number of hydrogen-bond acceptors (Lipinski definition) is 3. The Kier molecular flexibility index (Phi) is 8.71. The van der Waals surface area contributed by atoms with E-state index in [4.69, 9.17) is 10.5 Å². The fraction of sp³-hybridized carbons (Fsp3) is 0.588. The van der Waals surface area contributed by atoms with Gasteiger partial charge in [-0.25, -0.2) is 0 Å². The van der Waals surface area contributed by atoms with Crippen molar-refractivity contribution in [2.75, 3.05) is 13.2 Å². The van der Waals surface area contributed by atoms with E-state index in [1.807, 2.05) is 18.2 Å². The number of benzene rings is 1. The van der Waals surface area contributed by atoms with Gasteiger partial charge in [-0.15, -0.1) is 0 Å². The van der Waals surface area contributed by atoms with Gasteiger partial charge in [0, 0.05) is 13.2 Å². The second-order valence-electron chi connectivity index (χ2n) is 5.77. The minimum Gasteiger partial charge on any atom is -0.377 e. The molecule has 1 amide bonds. The Hall–Kier alpha value is -1.39. The van der Waals surface area contributed by atoms with Crippen molar-refractivity contribution in [3.8, 4) is 0 Å². The number of carbonyl (C=O) groups excluding carboxylic acids is 1. The molecule has 1 atom stereocenters. The second kappa shape index (κ2) is 10.4. The third-order valence-corrected chi connectivity index (χ3v) is 3.19. The van der Waals surface area contributed by atoms with Gasteiger partial charge >= 0.3 is 0 Å². The standard InChI is InChI=1S/C17H28N2O2/c1-14(2)12-16(18)17(20)19-10-6-7-11-21-13-15-8-4-3-5-9-15/h3-5,8-9,14,16H,6-7,10-13,18H2,1-2H3,(H,19,20)/t16-/m0/s1. The van der Waals surface area contributed by atoms with E-state index in [9.17, 15) is 4.79 Å². The predicted molar refractivity (Wildman–Crippen MR) is 85.8 cm³/mol. The minimum atomic E-state index is -0.390. The summed E-state index contributed by atoms with van der Waals surface area (Å²) in [6.07, 6.45) is 2.58. The van der Waals surface area contributed by atoms with Gasteiger partial charge in [0.15, 0.2) is 0 Å². The third-order valence-electron chi connectivity index (χ3n) is 3.19. The number of ether oxygens (including phenoxy) is 1. The molecule has 0 aliphatic carbocycles. The second-order valence-corrected chi connectivity index (χ2v) is 5.77. The number of rotatable bonds is 10. The zero-order valence-electron chi connectivity index (χ0n) is 13.2. The summed E-state index contributed by atoms with van der Waals surface area (Å²) in [4.78, 5) is 11.7. The molecule has 0 saturated carbocycles. The van der Waals surface area contributed by atoms with Crippen LogP contribution in [0.3, 0.4) is 0 Å². The number of amides is 1. The molecule has 4 nitrogen and oxygen atoms in total. The molecule has 21 heavy (non-hydrogen) atoms. The quantitative estimate of drug-likeness (QED) is 0.651. The molecule has 0 bridgehead atoms. The van der Waals surface area contributed by atoms with Crippen molar-refractivity contribution in [1.29, 1.82) is 0 Å². The van der Waals surface area contributed by atoms with Gasteiger partial charge in [-0.2, -0.15) is 0 Å². The van der Waals surface area contributed by atoms with Crippen LogP contribution in [0.2, 0.25) is 0 Å². The first-order valence-electron chi connectivity index (χ1n) is 7.74. The average Bonchev–Trinajstić information content (AvgIpc) is 2.46. The van der Waals surface area contributed by atoms with Crippen LogP contribution in [-0.2, 0) is 16.1 Å². The normalized spacial score (nSPS) is 12.4. The van der Waals surface area contributed by atoms with E-state index in [1.54, 1.807) is 0 Å². The monoisotopic (exact) mass is 292 g/mol. The van der Waals surface area contributed by atoms with Crippen LogP contribution in [-0.4, -0.2) is 25.1 Å². The van der Waals surface area contributed by atoms with Crippen molar-refractivity contribution >= 4 is 5.91 Å². The summed E-state index contributed by atoms with van der Waals surface area (Å²) in [5, 5.41) is 2.88. The Morgan fingerprint density at radius 3 is 2.62 bits per heavy atom. The molecule has 4 heteroatoms. The number of carbonyl (C=O) groups is 1. The van der Waals surface area contributed by atoms with Crippen molar-refractivity contribution in [1.82, 2.24) is 5.32 Å². The summed E-state index contributed by atoms with van der Waals surface area (Å²) in [6, 6.07) is 9.73. The lowest BCUT2D eigenvalue weighted by atomic mass is 10.0. The largest absolute Gasteiger partial charge is 0.377 e. The Morgan fingerprint density at radius 1 is 1.24 bits per heavy atom. The predicted octanol–water partition coefficient (Wildman–Crippen LogP) is 2.47. The van der Waals surface area contributed by atoms with E-state index < -0.39 is 0 Å². The van der Waals surface area contributed by atoms with Crippen molar-refractivity contribution < 1.29 is 9.53 Å². The maximum Gasteiger partial charge on any atom is 0.236 e. The molecule has 0 saturated heterocycles. The SMILES string of the molecule is CC(C)C[C@H](N)C(=O)NCCCCOCc1ccccc1. The van der Waals surface area contributed by atoms with Crippen LogP contribution < -0.4 is 11.1 Å². The summed E-state index contributed by atoms with van der Waals surface area (Å²) in [5.74, 6) is 0.394. The zero-order chi connectivity index (χ0) is 15.5. The number of nitrogens with two attached hydrogens (primary N) is 1. The summed E-state index contributed by atoms with van der Waals surface area (Å²) in [5.41, 5.74) is 6.99. The Bertz CT molecular complexity index is 393. The molecule has 0 aliphatic heterocycles. The zero-order valence-corrected chi connectivity index (χ0v) is 13.2. The highest BCUT2D eigenvalue weighted by Gasteiger charge is 2.13. The molecule has 0 radical (unpaired) electrons. The van der Waals surface area contributed by atoms with Gasteiger partial charge < -0.3 is 15.8 Å². The van der Waals surface area contributed by atoms with Gasteiger partial charge in [0.25, 0.3) is 0 Å². The summed E-state index contributed by atoms with van der Waals surface area (Å²) in [7, 11) is 0. The van der Waals surface area contributed by atoms with Crippen LogP contribution >= 0.6 is 0 Å².